The Kier molecular flexibility index (Phi) is 13.5. The van der Waals surface area contributed by atoms with Crippen LogP contribution in [0.1, 0.15) is 39.0 Å². The third-order valence-electron chi connectivity index (χ3n) is 1.54. The van der Waals surface area contributed by atoms with Crippen LogP contribution in [0.4, 0.5) is 0 Å². The molecule has 0 aromatic carbocycles. The maximum absolute atomic E-state index is 9.23. The second-order valence-electron chi connectivity index (χ2n) is 2.63. The van der Waals surface area contributed by atoms with Crippen molar-refractivity contribution < 1.29 is 5.11 Å². The molecule has 0 amide bonds. The van der Waals surface area contributed by atoms with Crippen LogP contribution in [-0.4, -0.2) is 17.1 Å². The Morgan fingerprint density at radius 2 is 1.91 bits per heavy atom. The van der Waals surface area contributed by atoms with Crippen molar-refractivity contribution in [1.82, 2.24) is 0 Å². The molecule has 1 atom stereocenters. The van der Waals surface area contributed by atoms with Gasteiger partial charge in [-0.05, 0) is 25.7 Å². The molecule has 0 aliphatic carbocycles. The maximum Gasteiger partial charge on any atom is 0.0540 e. The molecule has 3 heteroatoms. The molecule has 0 aliphatic rings. The lowest BCUT2D eigenvalue weighted by Gasteiger charge is -2.06. The number of rotatable bonds is 6. The van der Waals surface area contributed by atoms with Gasteiger partial charge >= 0.3 is 0 Å². The monoisotopic (exact) mass is 200 g/mol. The van der Waals surface area contributed by atoms with Gasteiger partial charge in [-0.3, -0.25) is 0 Å². The minimum Gasteiger partial charge on any atom is -0.393 e. The number of unbranched alkanes of at least 4 members (excludes halogenated alkanes) is 1. The highest BCUT2D eigenvalue weighted by molar-refractivity contribution is 6.17. The highest BCUT2D eigenvalue weighted by Gasteiger charge is 2.00. The summed E-state index contributed by atoms with van der Waals surface area (Å²) in [6.45, 7) is 2.09. The van der Waals surface area contributed by atoms with E-state index >= 15 is 0 Å². The summed E-state index contributed by atoms with van der Waals surface area (Å²) in [6, 6.07) is 0. The van der Waals surface area contributed by atoms with E-state index in [1.807, 2.05) is 0 Å². The zero-order valence-corrected chi connectivity index (χ0v) is 8.63. The van der Waals surface area contributed by atoms with E-state index in [0.717, 1.165) is 38.0 Å². The lowest BCUT2D eigenvalue weighted by Crippen LogP contribution is -2.04. The molecule has 0 rings (SSSR count). The van der Waals surface area contributed by atoms with Gasteiger partial charge < -0.3 is 5.11 Å². The largest absolute Gasteiger partial charge is 0.393 e. The summed E-state index contributed by atoms with van der Waals surface area (Å²) in [7, 11) is 0. The van der Waals surface area contributed by atoms with Crippen LogP contribution in [0.2, 0.25) is 0 Å². The first-order chi connectivity index (χ1) is 4.81. The minimum absolute atomic E-state index is 0. The Balaban J connectivity index is 0. The maximum atomic E-state index is 9.23. The average Bonchev–Trinajstić information content (AvgIpc) is 1.89. The molecule has 11 heavy (non-hydrogen) atoms. The summed E-state index contributed by atoms with van der Waals surface area (Å²) in [5.41, 5.74) is 0. The van der Waals surface area contributed by atoms with Crippen molar-refractivity contribution in [3.05, 3.63) is 0 Å². The van der Waals surface area contributed by atoms with E-state index in [1.165, 1.54) is 0 Å². The van der Waals surface area contributed by atoms with Crippen molar-refractivity contribution in [3.63, 3.8) is 0 Å². The van der Waals surface area contributed by atoms with Crippen LogP contribution in [-0.2, 0) is 0 Å². The third kappa shape index (κ3) is 10.5. The number of aliphatic hydroxyl groups excluding tert-OH is 1. The lowest BCUT2D eigenvalue weighted by atomic mass is 10.1. The first kappa shape index (κ1) is 14.1. The fraction of sp³-hybridized carbons (Fsp3) is 1.00. The number of alkyl halides is 1. The molecule has 0 aromatic heterocycles. The average molecular weight is 201 g/mol. The predicted molar refractivity (Wildman–Crippen MR) is 52.7 cm³/mol. The van der Waals surface area contributed by atoms with Gasteiger partial charge in [-0.25, -0.2) is 0 Å². The van der Waals surface area contributed by atoms with Crippen molar-refractivity contribution in [2.45, 2.75) is 45.1 Å². The molecular weight excluding hydrogens is 183 g/mol. The molecule has 0 bridgehead atoms. The molecule has 1 N–H and O–H groups in total. The van der Waals surface area contributed by atoms with Crippen LogP contribution < -0.4 is 0 Å². The summed E-state index contributed by atoms with van der Waals surface area (Å²) < 4.78 is 0. The van der Waals surface area contributed by atoms with Gasteiger partial charge in [-0.2, -0.15) is 0 Å². The summed E-state index contributed by atoms with van der Waals surface area (Å²) in [5, 5.41) is 9.23. The first-order valence-electron chi connectivity index (χ1n) is 4.05. The Bertz CT molecular complexity index is 69.1. The smallest absolute Gasteiger partial charge is 0.0540 e. The molecule has 0 saturated carbocycles. The number of aliphatic hydroxyl groups is 1. The molecule has 0 heterocycles. The number of halogens is 2. The van der Waals surface area contributed by atoms with Gasteiger partial charge in [0, 0.05) is 5.88 Å². The standard InChI is InChI=1S/C8H17ClO.ClH/c1-2-5-8(10)6-3-4-7-9;/h8,10H,2-7H2,1H3;1H. The van der Waals surface area contributed by atoms with Crippen LogP contribution in [0.3, 0.4) is 0 Å². The fourth-order valence-corrected chi connectivity index (χ4v) is 1.14. The van der Waals surface area contributed by atoms with Crippen molar-refractivity contribution in [1.29, 1.82) is 0 Å². The van der Waals surface area contributed by atoms with Gasteiger partial charge in [0.2, 0.25) is 0 Å². The molecule has 0 aromatic rings. The van der Waals surface area contributed by atoms with E-state index in [4.69, 9.17) is 11.6 Å². The molecule has 1 nitrogen and oxygen atoms in total. The number of hydrogen-bond donors (Lipinski definition) is 1. The molecule has 0 spiro atoms. The van der Waals surface area contributed by atoms with Gasteiger partial charge in [0.05, 0.1) is 6.10 Å². The molecule has 70 valence electrons. The van der Waals surface area contributed by atoms with Crippen molar-refractivity contribution in [3.8, 4) is 0 Å². The second kappa shape index (κ2) is 10.5. The summed E-state index contributed by atoms with van der Waals surface area (Å²) in [5.74, 6) is 0.721. The topological polar surface area (TPSA) is 20.2 Å². The first-order valence-corrected chi connectivity index (χ1v) is 4.58. The highest BCUT2D eigenvalue weighted by Crippen LogP contribution is 2.06. The number of hydrogen-bond acceptors (Lipinski definition) is 1. The van der Waals surface area contributed by atoms with Crippen molar-refractivity contribution in [2.24, 2.45) is 0 Å². The van der Waals surface area contributed by atoms with Crippen LogP contribution in [0.25, 0.3) is 0 Å². The van der Waals surface area contributed by atoms with Gasteiger partial charge in [0.1, 0.15) is 0 Å². The second-order valence-corrected chi connectivity index (χ2v) is 3.01. The Hall–Kier alpha value is 0.540. The van der Waals surface area contributed by atoms with Gasteiger partial charge in [0.15, 0.2) is 0 Å². The van der Waals surface area contributed by atoms with Crippen LogP contribution in [0, 0.1) is 0 Å². The normalized spacial score (nSPS) is 12.3. The van der Waals surface area contributed by atoms with E-state index in [2.05, 4.69) is 6.92 Å². The van der Waals surface area contributed by atoms with Gasteiger partial charge in [-0.1, -0.05) is 13.3 Å². The fourth-order valence-electron chi connectivity index (χ4n) is 0.952. The zero-order valence-electron chi connectivity index (χ0n) is 7.05. The van der Waals surface area contributed by atoms with Gasteiger partial charge in [-0.15, -0.1) is 24.0 Å². The van der Waals surface area contributed by atoms with Crippen molar-refractivity contribution >= 4 is 24.0 Å². The summed E-state index contributed by atoms with van der Waals surface area (Å²) >= 11 is 5.48. The van der Waals surface area contributed by atoms with Gasteiger partial charge in [0.25, 0.3) is 0 Å². The summed E-state index contributed by atoms with van der Waals surface area (Å²) in [4.78, 5) is 0. The third-order valence-corrected chi connectivity index (χ3v) is 1.81. The lowest BCUT2D eigenvalue weighted by molar-refractivity contribution is 0.151. The molecule has 0 fully saturated rings. The molecule has 1 unspecified atom stereocenters. The van der Waals surface area contributed by atoms with E-state index < -0.39 is 0 Å². The molecule has 0 saturated heterocycles. The SMILES string of the molecule is CCCC(O)CCCCCl.Cl. The van der Waals surface area contributed by atoms with Crippen LogP contribution in [0.15, 0.2) is 0 Å². The van der Waals surface area contributed by atoms with E-state index in [1.54, 1.807) is 0 Å². The predicted octanol–water partition coefficient (Wildman–Crippen LogP) is 2.98. The van der Waals surface area contributed by atoms with Crippen molar-refractivity contribution in [2.75, 3.05) is 5.88 Å². The van der Waals surface area contributed by atoms with E-state index in [-0.39, 0.29) is 18.5 Å². The summed E-state index contributed by atoms with van der Waals surface area (Å²) in [6.07, 6.45) is 4.92. The molecular formula is C8H18Cl2O. The molecule has 0 aliphatic heterocycles. The van der Waals surface area contributed by atoms with E-state index in [0.29, 0.717) is 0 Å². The van der Waals surface area contributed by atoms with E-state index in [9.17, 15) is 5.11 Å². The zero-order chi connectivity index (χ0) is 7.82. The molecule has 0 radical (unpaired) electrons. The highest BCUT2D eigenvalue weighted by atomic mass is 35.5. The Morgan fingerprint density at radius 3 is 2.36 bits per heavy atom. The minimum atomic E-state index is -0.0896. The van der Waals surface area contributed by atoms with Crippen LogP contribution in [0.5, 0.6) is 0 Å². The Labute approximate surface area is 80.5 Å². The van der Waals surface area contributed by atoms with Crippen LogP contribution >= 0.6 is 24.0 Å². The quantitative estimate of drug-likeness (QED) is 0.517. The Morgan fingerprint density at radius 1 is 1.27 bits per heavy atom.